The number of halogens is 2. The van der Waals surface area contributed by atoms with Crippen molar-refractivity contribution in [2.24, 2.45) is 10.5 Å². The van der Waals surface area contributed by atoms with Gasteiger partial charge in [-0.2, -0.15) is 5.10 Å². The first-order valence-electron chi connectivity index (χ1n) is 9.11. The molecule has 1 aromatic heterocycles. The standard InChI is InChI=1S/C19H18F2N6O/c20-14-5-13(6-15(21)7-14)16-1-2-24-27(16)18(28)26-11-19(12-26)9-25(10-19)17-8-22-3-4-23-17/h2-8,16H,1,9-12H2. The molecule has 2 saturated heterocycles. The van der Waals surface area contributed by atoms with Crippen LogP contribution in [-0.2, 0) is 0 Å². The summed E-state index contributed by atoms with van der Waals surface area (Å²) >= 11 is 0. The fourth-order valence-corrected chi connectivity index (χ4v) is 4.27. The zero-order valence-electron chi connectivity index (χ0n) is 15.0. The molecule has 1 aromatic carbocycles. The first-order chi connectivity index (χ1) is 13.5. The Morgan fingerprint density at radius 3 is 2.50 bits per heavy atom. The van der Waals surface area contributed by atoms with E-state index in [9.17, 15) is 13.6 Å². The molecule has 0 N–H and O–H groups in total. The van der Waals surface area contributed by atoms with Gasteiger partial charge in [-0.15, -0.1) is 0 Å². The lowest BCUT2D eigenvalue weighted by molar-refractivity contribution is -0.00692. The van der Waals surface area contributed by atoms with Crippen molar-refractivity contribution in [2.45, 2.75) is 12.5 Å². The maximum atomic E-state index is 13.6. The van der Waals surface area contributed by atoms with E-state index in [1.54, 1.807) is 29.7 Å². The fraction of sp³-hybridized carbons (Fsp3) is 0.368. The molecule has 28 heavy (non-hydrogen) atoms. The number of carbonyl (C=O) groups is 1. The maximum Gasteiger partial charge on any atom is 0.341 e. The SMILES string of the molecule is O=C(N1CC2(C1)CN(c1cnccn1)C2)N1N=CCC1c1cc(F)cc(F)c1. The summed E-state index contributed by atoms with van der Waals surface area (Å²) in [6.45, 7) is 2.94. The van der Waals surface area contributed by atoms with Gasteiger partial charge in [-0.05, 0) is 17.7 Å². The van der Waals surface area contributed by atoms with Crippen molar-refractivity contribution in [1.29, 1.82) is 0 Å². The number of hydrogen-bond donors (Lipinski definition) is 0. The number of nitrogens with zero attached hydrogens (tertiary/aromatic N) is 6. The van der Waals surface area contributed by atoms with Gasteiger partial charge in [0.25, 0.3) is 0 Å². The van der Waals surface area contributed by atoms with E-state index in [0.717, 1.165) is 25.0 Å². The highest BCUT2D eigenvalue weighted by atomic mass is 19.1. The molecule has 5 rings (SSSR count). The highest BCUT2D eigenvalue weighted by molar-refractivity contribution is 5.79. The number of hydrogen-bond acceptors (Lipinski definition) is 5. The third-order valence-electron chi connectivity index (χ3n) is 5.54. The first-order valence-corrected chi connectivity index (χ1v) is 9.11. The van der Waals surface area contributed by atoms with Gasteiger partial charge in [-0.3, -0.25) is 4.98 Å². The molecule has 4 heterocycles. The van der Waals surface area contributed by atoms with Crippen LogP contribution in [0.3, 0.4) is 0 Å². The van der Waals surface area contributed by atoms with Crippen LogP contribution in [0.2, 0.25) is 0 Å². The summed E-state index contributed by atoms with van der Waals surface area (Å²) in [5.41, 5.74) is 0.493. The summed E-state index contributed by atoms with van der Waals surface area (Å²) < 4.78 is 27.1. The molecule has 1 spiro atoms. The second kappa shape index (κ2) is 6.22. The zero-order valence-corrected chi connectivity index (χ0v) is 15.0. The Morgan fingerprint density at radius 2 is 1.82 bits per heavy atom. The van der Waals surface area contributed by atoms with Gasteiger partial charge >= 0.3 is 6.03 Å². The molecule has 2 fully saturated rings. The van der Waals surface area contributed by atoms with E-state index in [-0.39, 0.29) is 11.4 Å². The lowest BCUT2D eigenvalue weighted by Gasteiger charge is -2.60. The largest absolute Gasteiger partial charge is 0.354 e. The number of likely N-dealkylation sites (tertiary alicyclic amines) is 1. The average molecular weight is 384 g/mol. The van der Waals surface area contributed by atoms with Crippen molar-refractivity contribution in [2.75, 3.05) is 31.1 Å². The van der Waals surface area contributed by atoms with Crippen molar-refractivity contribution in [3.63, 3.8) is 0 Å². The monoisotopic (exact) mass is 384 g/mol. The molecule has 0 saturated carbocycles. The predicted molar refractivity (Wildman–Crippen MR) is 97.7 cm³/mol. The van der Waals surface area contributed by atoms with Gasteiger partial charge in [0.1, 0.15) is 17.5 Å². The number of aromatic nitrogens is 2. The summed E-state index contributed by atoms with van der Waals surface area (Å²) in [5, 5.41) is 5.49. The molecule has 144 valence electrons. The number of hydrazone groups is 1. The van der Waals surface area contributed by atoms with Crippen molar-refractivity contribution in [1.82, 2.24) is 19.9 Å². The number of urea groups is 1. The van der Waals surface area contributed by atoms with Gasteiger partial charge in [-0.25, -0.2) is 23.6 Å². The Kier molecular flexibility index (Phi) is 3.78. The van der Waals surface area contributed by atoms with Crippen LogP contribution in [0, 0.1) is 17.0 Å². The fourth-order valence-electron chi connectivity index (χ4n) is 4.27. The lowest BCUT2D eigenvalue weighted by Crippen LogP contribution is -2.74. The number of rotatable bonds is 2. The van der Waals surface area contributed by atoms with Crippen molar-refractivity contribution >= 4 is 18.1 Å². The number of amides is 2. The van der Waals surface area contributed by atoms with E-state index >= 15 is 0 Å². The summed E-state index contributed by atoms with van der Waals surface area (Å²) in [7, 11) is 0. The normalized spacial score (nSPS) is 22.4. The van der Waals surface area contributed by atoms with Gasteiger partial charge in [0, 0.05) is 62.7 Å². The average Bonchev–Trinajstić information content (AvgIpc) is 3.09. The maximum absolute atomic E-state index is 13.6. The summed E-state index contributed by atoms with van der Waals surface area (Å²) in [6, 6.07) is 2.62. The summed E-state index contributed by atoms with van der Waals surface area (Å²) in [4.78, 5) is 25.1. The minimum Gasteiger partial charge on any atom is -0.354 e. The Balaban J connectivity index is 1.22. The molecular weight excluding hydrogens is 366 g/mol. The third-order valence-corrected chi connectivity index (χ3v) is 5.54. The lowest BCUT2D eigenvalue weighted by atomic mass is 9.73. The molecule has 3 aliphatic rings. The van der Waals surface area contributed by atoms with Crippen LogP contribution < -0.4 is 4.90 Å². The van der Waals surface area contributed by atoms with E-state index in [1.807, 2.05) is 0 Å². The Morgan fingerprint density at radius 1 is 1.07 bits per heavy atom. The van der Waals surface area contributed by atoms with Gasteiger partial charge in [-0.1, -0.05) is 0 Å². The van der Waals surface area contributed by atoms with Crippen LogP contribution in [0.25, 0.3) is 0 Å². The van der Waals surface area contributed by atoms with Crippen molar-refractivity contribution in [3.05, 3.63) is 54.0 Å². The predicted octanol–water partition coefficient (Wildman–Crippen LogP) is 2.43. The van der Waals surface area contributed by atoms with E-state index in [4.69, 9.17) is 0 Å². The van der Waals surface area contributed by atoms with E-state index in [0.29, 0.717) is 25.1 Å². The van der Waals surface area contributed by atoms with Crippen molar-refractivity contribution < 1.29 is 13.6 Å². The van der Waals surface area contributed by atoms with Gasteiger partial charge in [0.05, 0.1) is 12.2 Å². The summed E-state index contributed by atoms with van der Waals surface area (Å²) in [6.07, 6.45) is 7.09. The highest BCUT2D eigenvalue weighted by Crippen LogP contribution is 2.42. The quantitative estimate of drug-likeness (QED) is 0.798. The van der Waals surface area contributed by atoms with Crippen LogP contribution in [-0.4, -0.2) is 58.3 Å². The number of carbonyl (C=O) groups excluding carboxylic acids is 1. The number of anilines is 1. The molecule has 1 atom stereocenters. The van der Waals surface area contributed by atoms with Gasteiger partial charge < -0.3 is 9.80 Å². The molecular formula is C19H18F2N6O. The van der Waals surface area contributed by atoms with Crippen LogP contribution in [0.4, 0.5) is 19.4 Å². The first kappa shape index (κ1) is 17.0. The van der Waals surface area contributed by atoms with E-state index < -0.39 is 17.7 Å². The molecule has 2 amide bonds. The Bertz CT molecular complexity index is 918. The zero-order chi connectivity index (χ0) is 19.3. The van der Waals surface area contributed by atoms with Crippen LogP contribution in [0.5, 0.6) is 0 Å². The smallest absolute Gasteiger partial charge is 0.341 e. The molecule has 9 heteroatoms. The molecule has 0 bridgehead atoms. The molecule has 7 nitrogen and oxygen atoms in total. The van der Waals surface area contributed by atoms with Crippen LogP contribution in [0.15, 0.2) is 41.9 Å². The molecule has 0 aliphatic carbocycles. The van der Waals surface area contributed by atoms with Gasteiger partial charge in [0.15, 0.2) is 0 Å². The minimum atomic E-state index is -0.657. The van der Waals surface area contributed by atoms with E-state index in [2.05, 4.69) is 20.0 Å². The summed E-state index contributed by atoms with van der Waals surface area (Å²) in [5.74, 6) is -0.471. The topological polar surface area (TPSA) is 64.9 Å². The molecule has 3 aliphatic heterocycles. The third kappa shape index (κ3) is 2.78. The second-order valence-corrected chi connectivity index (χ2v) is 7.66. The van der Waals surface area contributed by atoms with E-state index in [1.165, 1.54) is 17.1 Å². The molecule has 1 unspecified atom stereocenters. The van der Waals surface area contributed by atoms with Crippen molar-refractivity contribution in [3.8, 4) is 0 Å². The Hall–Kier alpha value is -3.10. The Labute approximate surface area is 160 Å². The highest BCUT2D eigenvalue weighted by Gasteiger charge is 2.54. The molecule has 2 aromatic rings. The van der Waals surface area contributed by atoms with Gasteiger partial charge in [0.2, 0.25) is 0 Å². The second-order valence-electron chi connectivity index (χ2n) is 7.66. The van der Waals surface area contributed by atoms with Crippen LogP contribution in [0.1, 0.15) is 18.0 Å². The van der Waals surface area contributed by atoms with Crippen LogP contribution >= 0.6 is 0 Å². The molecule has 0 radical (unpaired) electrons. The minimum absolute atomic E-state index is 0.0804. The number of benzene rings is 1.